The molecule has 1 atom stereocenters. The van der Waals surface area contributed by atoms with E-state index in [-0.39, 0.29) is 18.6 Å². The van der Waals surface area contributed by atoms with Gasteiger partial charge in [-0.05, 0) is 25.3 Å². The topological polar surface area (TPSA) is 67.4 Å². The highest BCUT2D eigenvalue weighted by atomic mass is 16.5. The van der Waals surface area contributed by atoms with Crippen LogP contribution in [0.5, 0.6) is 0 Å². The Morgan fingerprint density at radius 1 is 1.13 bits per heavy atom. The minimum Gasteiger partial charge on any atom is -0.445 e. The normalized spacial score (nSPS) is 16.9. The summed E-state index contributed by atoms with van der Waals surface area (Å²) in [4.78, 5) is 23.9. The van der Waals surface area contributed by atoms with Gasteiger partial charge in [0, 0.05) is 6.04 Å². The van der Waals surface area contributed by atoms with Crippen molar-refractivity contribution in [3.05, 3.63) is 35.9 Å². The van der Waals surface area contributed by atoms with Crippen LogP contribution in [0.2, 0.25) is 0 Å². The van der Waals surface area contributed by atoms with E-state index in [0.29, 0.717) is 0 Å². The number of rotatable bonds is 5. The van der Waals surface area contributed by atoms with Crippen molar-refractivity contribution >= 4 is 12.0 Å². The number of ether oxygens (including phenoxy) is 1. The minimum atomic E-state index is -0.596. The summed E-state index contributed by atoms with van der Waals surface area (Å²) in [5, 5.41) is 5.61. The summed E-state index contributed by atoms with van der Waals surface area (Å²) in [6.45, 7) is 1.87. The van der Waals surface area contributed by atoms with Gasteiger partial charge in [0.2, 0.25) is 5.91 Å². The summed E-state index contributed by atoms with van der Waals surface area (Å²) in [5.74, 6) is -0.145. The van der Waals surface area contributed by atoms with Crippen LogP contribution in [0.1, 0.15) is 51.0 Å². The molecule has 0 spiro atoms. The first-order valence-corrected chi connectivity index (χ1v) is 8.43. The SMILES string of the molecule is C[C@H](NC(=O)OCc1ccccc1)C(=O)NC1CCCCCC1. The zero-order chi connectivity index (χ0) is 16.5. The van der Waals surface area contributed by atoms with Crippen molar-refractivity contribution in [1.82, 2.24) is 10.6 Å². The first kappa shape index (κ1) is 17.3. The Balaban J connectivity index is 1.70. The number of nitrogens with one attached hydrogen (secondary N) is 2. The van der Waals surface area contributed by atoms with Crippen molar-refractivity contribution in [2.45, 2.75) is 64.1 Å². The van der Waals surface area contributed by atoms with Crippen LogP contribution >= 0.6 is 0 Å². The molecule has 0 bridgehead atoms. The summed E-state index contributed by atoms with van der Waals surface area (Å²) >= 11 is 0. The number of hydrogen-bond donors (Lipinski definition) is 2. The zero-order valence-electron chi connectivity index (χ0n) is 13.7. The van der Waals surface area contributed by atoms with E-state index in [1.807, 2.05) is 30.3 Å². The largest absolute Gasteiger partial charge is 0.445 e. The average Bonchev–Trinajstić information content (AvgIpc) is 2.82. The zero-order valence-corrected chi connectivity index (χ0v) is 13.7. The molecule has 0 aliphatic heterocycles. The van der Waals surface area contributed by atoms with Crippen LogP contribution in [0.25, 0.3) is 0 Å². The Bertz CT molecular complexity index is 496. The molecule has 2 N–H and O–H groups in total. The Hall–Kier alpha value is -2.04. The van der Waals surface area contributed by atoms with Gasteiger partial charge in [0.05, 0.1) is 0 Å². The van der Waals surface area contributed by atoms with E-state index in [9.17, 15) is 9.59 Å². The van der Waals surface area contributed by atoms with E-state index in [2.05, 4.69) is 10.6 Å². The highest BCUT2D eigenvalue weighted by molar-refractivity contribution is 5.85. The van der Waals surface area contributed by atoms with Crippen molar-refractivity contribution in [3.8, 4) is 0 Å². The maximum Gasteiger partial charge on any atom is 0.408 e. The number of carbonyl (C=O) groups excluding carboxylic acids is 2. The maximum absolute atomic E-state index is 12.2. The van der Waals surface area contributed by atoms with E-state index >= 15 is 0 Å². The van der Waals surface area contributed by atoms with E-state index < -0.39 is 12.1 Å². The molecule has 1 saturated carbocycles. The number of carbonyl (C=O) groups is 2. The molecule has 0 radical (unpaired) electrons. The van der Waals surface area contributed by atoms with Crippen molar-refractivity contribution < 1.29 is 14.3 Å². The molecule has 5 heteroatoms. The second-order valence-electron chi connectivity index (χ2n) is 6.12. The standard InChI is InChI=1S/C18H26N2O3/c1-14(17(21)20-16-11-7-2-3-8-12-16)19-18(22)23-13-15-9-5-4-6-10-15/h4-6,9-10,14,16H,2-3,7-8,11-13H2,1H3,(H,19,22)(H,20,21)/t14-/m0/s1. The Kier molecular flexibility index (Phi) is 6.91. The molecule has 126 valence electrons. The summed E-state index contributed by atoms with van der Waals surface area (Å²) in [6, 6.07) is 9.09. The molecule has 0 aromatic heterocycles. The second-order valence-corrected chi connectivity index (χ2v) is 6.12. The average molecular weight is 318 g/mol. The molecule has 2 amide bonds. The van der Waals surface area contributed by atoms with Gasteiger partial charge < -0.3 is 15.4 Å². The molecule has 23 heavy (non-hydrogen) atoms. The first-order chi connectivity index (χ1) is 11.1. The van der Waals surface area contributed by atoms with Crippen LogP contribution in [-0.2, 0) is 16.1 Å². The van der Waals surface area contributed by atoms with Crippen molar-refractivity contribution in [2.75, 3.05) is 0 Å². The first-order valence-electron chi connectivity index (χ1n) is 8.43. The molecular formula is C18H26N2O3. The van der Waals surface area contributed by atoms with E-state index in [4.69, 9.17) is 4.74 Å². The van der Waals surface area contributed by atoms with Crippen LogP contribution in [0, 0.1) is 0 Å². The molecule has 0 saturated heterocycles. The van der Waals surface area contributed by atoms with Gasteiger partial charge in [-0.2, -0.15) is 0 Å². The lowest BCUT2D eigenvalue weighted by Crippen LogP contribution is -2.48. The lowest BCUT2D eigenvalue weighted by Gasteiger charge is -2.20. The van der Waals surface area contributed by atoms with Gasteiger partial charge >= 0.3 is 6.09 Å². The highest BCUT2D eigenvalue weighted by Crippen LogP contribution is 2.17. The number of benzene rings is 1. The fourth-order valence-electron chi connectivity index (χ4n) is 2.76. The van der Waals surface area contributed by atoms with Gasteiger partial charge in [-0.1, -0.05) is 56.0 Å². The molecule has 1 fully saturated rings. The molecule has 0 unspecified atom stereocenters. The highest BCUT2D eigenvalue weighted by Gasteiger charge is 2.20. The second kappa shape index (κ2) is 9.18. The fourth-order valence-corrected chi connectivity index (χ4v) is 2.76. The quantitative estimate of drug-likeness (QED) is 0.820. The van der Waals surface area contributed by atoms with Crippen molar-refractivity contribution in [3.63, 3.8) is 0 Å². The predicted molar refractivity (Wildman–Crippen MR) is 88.9 cm³/mol. The molecule has 1 aliphatic rings. The molecule has 0 heterocycles. The molecule has 2 rings (SSSR count). The fraction of sp³-hybridized carbons (Fsp3) is 0.556. The molecule has 1 aliphatic carbocycles. The van der Waals surface area contributed by atoms with Crippen LogP contribution in [0.3, 0.4) is 0 Å². The summed E-state index contributed by atoms with van der Waals surface area (Å²) in [6.07, 6.45) is 6.28. The van der Waals surface area contributed by atoms with Gasteiger partial charge in [0.25, 0.3) is 0 Å². The molecule has 5 nitrogen and oxygen atoms in total. The third-order valence-corrected chi connectivity index (χ3v) is 4.14. The third-order valence-electron chi connectivity index (χ3n) is 4.14. The van der Waals surface area contributed by atoms with Gasteiger partial charge in [0.15, 0.2) is 0 Å². The molecule has 1 aromatic rings. The molecule has 1 aromatic carbocycles. The third kappa shape index (κ3) is 6.30. The van der Waals surface area contributed by atoms with Crippen molar-refractivity contribution in [2.24, 2.45) is 0 Å². The maximum atomic E-state index is 12.2. The van der Waals surface area contributed by atoms with Gasteiger partial charge in [-0.3, -0.25) is 4.79 Å². The molecular weight excluding hydrogens is 292 g/mol. The smallest absolute Gasteiger partial charge is 0.408 e. The van der Waals surface area contributed by atoms with E-state index in [1.54, 1.807) is 6.92 Å². The Labute approximate surface area is 137 Å². The Morgan fingerprint density at radius 3 is 2.43 bits per heavy atom. The van der Waals surface area contributed by atoms with E-state index in [0.717, 1.165) is 31.2 Å². The van der Waals surface area contributed by atoms with E-state index in [1.165, 1.54) is 12.8 Å². The summed E-state index contributed by atoms with van der Waals surface area (Å²) in [5.41, 5.74) is 0.915. The van der Waals surface area contributed by atoms with Gasteiger partial charge in [0.1, 0.15) is 12.6 Å². The lowest BCUT2D eigenvalue weighted by atomic mass is 10.1. The van der Waals surface area contributed by atoms with Gasteiger partial charge in [-0.25, -0.2) is 4.79 Å². The number of amides is 2. The summed E-state index contributed by atoms with van der Waals surface area (Å²) in [7, 11) is 0. The summed E-state index contributed by atoms with van der Waals surface area (Å²) < 4.78 is 5.13. The van der Waals surface area contributed by atoms with Crippen LogP contribution in [-0.4, -0.2) is 24.1 Å². The van der Waals surface area contributed by atoms with Crippen molar-refractivity contribution in [1.29, 1.82) is 0 Å². The lowest BCUT2D eigenvalue weighted by molar-refractivity contribution is -0.123. The predicted octanol–water partition coefficient (Wildman–Crippen LogP) is 3.14. The minimum absolute atomic E-state index is 0.145. The Morgan fingerprint density at radius 2 is 1.78 bits per heavy atom. The monoisotopic (exact) mass is 318 g/mol. The van der Waals surface area contributed by atoms with Gasteiger partial charge in [-0.15, -0.1) is 0 Å². The number of alkyl carbamates (subject to hydrolysis) is 1. The number of hydrogen-bond acceptors (Lipinski definition) is 3. The van der Waals surface area contributed by atoms with Crippen LogP contribution in [0.15, 0.2) is 30.3 Å². The van der Waals surface area contributed by atoms with Crippen LogP contribution < -0.4 is 10.6 Å². The van der Waals surface area contributed by atoms with Crippen LogP contribution in [0.4, 0.5) is 4.79 Å².